The van der Waals surface area contributed by atoms with Crippen LogP contribution >= 0.6 is 0 Å². The molecule has 0 saturated carbocycles. The van der Waals surface area contributed by atoms with E-state index in [-0.39, 0.29) is 5.92 Å². The van der Waals surface area contributed by atoms with E-state index >= 15 is 0 Å². The lowest BCUT2D eigenvalue weighted by atomic mass is 10.1. The first-order valence-corrected chi connectivity index (χ1v) is 3.02. The zero-order valence-electron chi connectivity index (χ0n) is 5.79. The molecule has 2 heteroatoms. The molecule has 1 N–H and O–H groups in total. The molecule has 0 aromatic carbocycles. The molecule has 0 rings (SSSR count). The van der Waals surface area contributed by atoms with Gasteiger partial charge in [-0.3, -0.25) is 4.79 Å². The van der Waals surface area contributed by atoms with E-state index in [0.29, 0.717) is 6.42 Å². The van der Waals surface area contributed by atoms with Crippen molar-refractivity contribution in [3.05, 3.63) is 12.2 Å². The number of carbonyl (C=O) groups is 1. The molecule has 0 radical (unpaired) electrons. The van der Waals surface area contributed by atoms with E-state index < -0.39 is 5.97 Å². The molecule has 0 aromatic heterocycles. The van der Waals surface area contributed by atoms with Crippen LogP contribution in [0, 0.1) is 5.92 Å². The van der Waals surface area contributed by atoms with Gasteiger partial charge >= 0.3 is 5.97 Å². The maximum atomic E-state index is 10.2. The fourth-order valence-electron chi connectivity index (χ4n) is 0.441. The molecule has 0 saturated heterocycles. The molecule has 0 aliphatic carbocycles. The summed E-state index contributed by atoms with van der Waals surface area (Å²) in [7, 11) is 0. The SMILES string of the molecule is C/C=C/C[C@H](C)C(=O)O. The minimum absolute atomic E-state index is 0.249. The molecule has 0 fully saturated rings. The molecule has 0 aromatic rings. The fraction of sp³-hybridized carbons (Fsp3) is 0.571. The Bertz CT molecular complexity index is 116. The van der Waals surface area contributed by atoms with Gasteiger partial charge in [0, 0.05) is 0 Å². The van der Waals surface area contributed by atoms with Crippen LogP contribution in [0.15, 0.2) is 12.2 Å². The number of allylic oxidation sites excluding steroid dienone is 2. The van der Waals surface area contributed by atoms with Crippen molar-refractivity contribution in [2.45, 2.75) is 20.3 Å². The third-order valence-corrected chi connectivity index (χ3v) is 1.15. The summed E-state index contributed by atoms with van der Waals surface area (Å²) in [4.78, 5) is 10.2. The number of aliphatic carboxylic acids is 1. The predicted octanol–water partition coefficient (Wildman–Crippen LogP) is 1.67. The topological polar surface area (TPSA) is 37.3 Å². The van der Waals surface area contributed by atoms with E-state index in [1.54, 1.807) is 6.92 Å². The Morgan fingerprint density at radius 2 is 2.33 bits per heavy atom. The van der Waals surface area contributed by atoms with Crippen LogP contribution in [0.1, 0.15) is 20.3 Å². The smallest absolute Gasteiger partial charge is 0.306 e. The van der Waals surface area contributed by atoms with Gasteiger partial charge in [-0.25, -0.2) is 0 Å². The Hall–Kier alpha value is -0.790. The second kappa shape index (κ2) is 4.13. The maximum absolute atomic E-state index is 10.2. The Labute approximate surface area is 55.2 Å². The Kier molecular flexibility index (Phi) is 3.76. The second-order valence-electron chi connectivity index (χ2n) is 2.04. The van der Waals surface area contributed by atoms with Crippen LogP contribution < -0.4 is 0 Å². The van der Waals surface area contributed by atoms with E-state index in [4.69, 9.17) is 5.11 Å². The van der Waals surface area contributed by atoms with Gasteiger partial charge in [0.15, 0.2) is 0 Å². The highest BCUT2D eigenvalue weighted by Gasteiger charge is 2.06. The summed E-state index contributed by atoms with van der Waals surface area (Å²) in [6, 6.07) is 0. The lowest BCUT2D eigenvalue weighted by Crippen LogP contribution is -2.07. The van der Waals surface area contributed by atoms with Crippen LogP contribution in [-0.2, 0) is 4.79 Å². The Morgan fingerprint density at radius 1 is 1.78 bits per heavy atom. The Balaban J connectivity index is 3.50. The first-order valence-electron chi connectivity index (χ1n) is 3.02. The number of carboxylic acids is 1. The number of hydrogen-bond acceptors (Lipinski definition) is 1. The van der Waals surface area contributed by atoms with Crippen molar-refractivity contribution in [1.82, 2.24) is 0 Å². The van der Waals surface area contributed by atoms with Crippen LogP contribution in [0.5, 0.6) is 0 Å². The largest absolute Gasteiger partial charge is 0.481 e. The van der Waals surface area contributed by atoms with Gasteiger partial charge < -0.3 is 5.11 Å². The Morgan fingerprint density at radius 3 is 2.67 bits per heavy atom. The predicted molar refractivity (Wildman–Crippen MR) is 36.2 cm³/mol. The normalized spacial score (nSPS) is 14.0. The standard InChI is InChI=1S/C7H12O2/c1-3-4-5-6(2)7(8)9/h3-4,6H,5H2,1-2H3,(H,8,9)/b4-3+/t6-/m0/s1. The van der Waals surface area contributed by atoms with Gasteiger partial charge in [0.1, 0.15) is 0 Å². The lowest BCUT2D eigenvalue weighted by Gasteiger charge is -1.98. The van der Waals surface area contributed by atoms with E-state index in [0.717, 1.165) is 0 Å². The summed E-state index contributed by atoms with van der Waals surface area (Å²) < 4.78 is 0. The highest BCUT2D eigenvalue weighted by molar-refractivity contribution is 5.69. The van der Waals surface area contributed by atoms with Crippen molar-refractivity contribution in [2.75, 3.05) is 0 Å². The summed E-state index contributed by atoms with van der Waals surface area (Å²) in [6.45, 7) is 3.58. The molecular formula is C7H12O2. The molecule has 0 aliphatic rings. The summed E-state index contributed by atoms with van der Waals surface area (Å²) in [5.41, 5.74) is 0. The van der Waals surface area contributed by atoms with Crippen molar-refractivity contribution in [1.29, 1.82) is 0 Å². The third-order valence-electron chi connectivity index (χ3n) is 1.15. The highest BCUT2D eigenvalue weighted by atomic mass is 16.4. The average Bonchev–Trinajstić information content (AvgIpc) is 1.82. The van der Waals surface area contributed by atoms with Gasteiger partial charge in [-0.05, 0) is 13.3 Å². The van der Waals surface area contributed by atoms with Gasteiger partial charge in [0.2, 0.25) is 0 Å². The molecule has 0 amide bonds. The molecular weight excluding hydrogens is 116 g/mol. The quantitative estimate of drug-likeness (QED) is 0.587. The summed E-state index contributed by atoms with van der Waals surface area (Å²) >= 11 is 0. The van der Waals surface area contributed by atoms with Crippen LogP contribution in [0.3, 0.4) is 0 Å². The van der Waals surface area contributed by atoms with Crippen molar-refractivity contribution in [2.24, 2.45) is 5.92 Å². The van der Waals surface area contributed by atoms with Crippen molar-refractivity contribution in [3.8, 4) is 0 Å². The third kappa shape index (κ3) is 3.76. The van der Waals surface area contributed by atoms with E-state index in [1.165, 1.54) is 0 Å². The summed E-state index contributed by atoms with van der Waals surface area (Å²) in [6.07, 6.45) is 4.35. The van der Waals surface area contributed by atoms with Gasteiger partial charge in [0.05, 0.1) is 5.92 Å². The van der Waals surface area contributed by atoms with Crippen LogP contribution in [0.2, 0.25) is 0 Å². The van der Waals surface area contributed by atoms with Crippen molar-refractivity contribution >= 4 is 5.97 Å². The molecule has 9 heavy (non-hydrogen) atoms. The highest BCUT2D eigenvalue weighted by Crippen LogP contribution is 2.01. The van der Waals surface area contributed by atoms with Gasteiger partial charge in [-0.1, -0.05) is 19.1 Å². The zero-order chi connectivity index (χ0) is 7.28. The number of rotatable bonds is 3. The van der Waals surface area contributed by atoms with E-state index in [9.17, 15) is 4.79 Å². The fourth-order valence-corrected chi connectivity index (χ4v) is 0.441. The molecule has 1 atom stereocenters. The van der Waals surface area contributed by atoms with E-state index in [2.05, 4.69) is 0 Å². The molecule has 0 heterocycles. The van der Waals surface area contributed by atoms with Gasteiger partial charge in [0.25, 0.3) is 0 Å². The van der Waals surface area contributed by atoms with Crippen LogP contribution in [0.4, 0.5) is 0 Å². The molecule has 0 spiro atoms. The molecule has 52 valence electrons. The first kappa shape index (κ1) is 8.21. The molecule has 0 aliphatic heterocycles. The summed E-state index contributed by atoms with van der Waals surface area (Å²) in [5, 5.41) is 8.37. The molecule has 2 nitrogen and oxygen atoms in total. The first-order chi connectivity index (χ1) is 4.18. The summed E-state index contributed by atoms with van der Waals surface area (Å²) in [5.74, 6) is -0.977. The zero-order valence-corrected chi connectivity index (χ0v) is 5.79. The van der Waals surface area contributed by atoms with Crippen LogP contribution in [0.25, 0.3) is 0 Å². The van der Waals surface area contributed by atoms with E-state index in [1.807, 2.05) is 19.1 Å². The van der Waals surface area contributed by atoms with Gasteiger partial charge in [-0.2, -0.15) is 0 Å². The number of hydrogen-bond donors (Lipinski definition) is 1. The maximum Gasteiger partial charge on any atom is 0.306 e. The average molecular weight is 128 g/mol. The number of carboxylic acid groups (broad SMARTS) is 1. The lowest BCUT2D eigenvalue weighted by molar-refractivity contribution is -0.140. The molecule has 0 unspecified atom stereocenters. The van der Waals surface area contributed by atoms with Crippen LogP contribution in [-0.4, -0.2) is 11.1 Å². The van der Waals surface area contributed by atoms with Gasteiger partial charge in [-0.15, -0.1) is 0 Å². The minimum atomic E-state index is -0.729. The van der Waals surface area contributed by atoms with Crippen molar-refractivity contribution < 1.29 is 9.90 Å². The second-order valence-corrected chi connectivity index (χ2v) is 2.04. The monoisotopic (exact) mass is 128 g/mol. The van der Waals surface area contributed by atoms with Crippen molar-refractivity contribution in [3.63, 3.8) is 0 Å². The molecule has 0 bridgehead atoms. The minimum Gasteiger partial charge on any atom is -0.481 e.